The number of hydrogen-bond donors (Lipinski definition) is 1. The molecule has 1 N–H and O–H groups in total. The second-order valence-electron chi connectivity index (χ2n) is 14.5. The molecule has 0 radical (unpaired) electrons. The predicted octanol–water partition coefficient (Wildman–Crippen LogP) is 8.89. The zero-order valence-corrected chi connectivity index (χ0v) is 27.0. The lowest BCUT2D eigenvalue weighted by Gasteiger charge is -2.30. The highest BCUT2D eigenvalue weighted by molar-refractivity contribution is 7.22. The first kappa shape index (κ1) is 26.4. The molecule has 2 aromatic heterocycles. The van der Waals surface area contributed by atoms with Gasteiger partial charge in [0.25, 0.3) is 0 Å². The molecule has 3 aromatic carbocycles. The van der Waals surface area contributed by atoms with Crippen LogP contribution in [0.4, 0.5) is 0 Å². The number of thiophene rings is 1. The van der Waals surface area contributed by atoms with E-state index in [2.05, 4.69) is 111 Å². The molecule has 3 unspecified atom stereocenters. The van der Waals surface area contributed by atoms with Gasteiger partial charge < -0.3 is 4.74 Å². The number of nitrogens with one attached hydrogen (secondary N) is 1. The second kappa shape index (κ2) is 8.35. The summed E-state index contributed by atoms with van der Waals surface area (Å²) in [6.07, 6.45) is 6.38. The fraction of sp³-hybridized carbons (Fsp3) is 0.410. The summed E-state index contributed by atoms with van der Waals surface area (Å²) in [4.78, 5) is 1.45. The topological polar surface area (TPSA) is 25.1 Å². The third-order valence-corrected chi connectivity index (χ3v) is 13.5. The standard InChI is InChI=1S/C39H41N2OS/c1-23-16-20-29-24(22-23)17-21-30-32-28(37(4)38(5,41(29)30)39(37,42-6)40-25-12-8-7-9-13-25)19-18-27-33(32)35-34(36(27,2)3)26-14-10-11-15-31(26)43-35/h10-11,14-22,25,40H,7-9,12-13H2,1-6H3/q+1. The number of fused-ring (bicyclic) bond motifs is 14. The van der Waals surface area contributed by atoms with Gasteiger partial charge in [-0.1, -0.05) is 75.1 Å². The lowest BCUT2D eigenvalue weighted by atomic mass is 9.77. The zero-order valence-electron chi connectivity index (χ0n) is 26.2. The highest BCUT2D eigenvalue weighted by Gasteiger charge is 2.94. The molecule has 218 valence electrons. The number of methoxy groups -OCH3 is 1. The highest BCUT2D eigenvalue weighted by Crippen LogP contribution is 2.73. The fourth-order valence-corrected chi connectivity index (χ4v) is 11.5. The number of hydrogen-bond acceptors (Lipinski definition) is 3. The van der Waals surface area contributed by atoms with E-state index in [1.165, 1.54) is 97.0 Å². The van der Waals surface area contributed by atoms with E-state index in [1.54, 1.807) is 0 Å². The van der Waals surface area contributed by atoms with Crippen LogP contribution in [-0.4, -0.2) is 18.9 Å². The summed E-state index contributed by atoms with van der Waals surface area (Å²) >= 11 is 1.98. The highest BCUT2D eigenvalue weighted by atomic mass is 32.1. The van der Waals surface area contributed by atoms with Gasteiger partial charge in [0.05, 0.1) is 5.56 Å². The first-order valence-electron chi connectivity index (χ1n) is 16.2. The van der Waals surface area contributed by atoms with Crippen molar-refractivity contribution in [1.29, 1.82) is 0 Å². The number of aromatic nitrogens is 1. The van der Waals surface area contributed by atoms with Crippen LogP contribution in [0.5, 0.6) is 0 Å². The molecule has 2 fully saturated rings. The van der Waals surface area contributed by atoms with Gasteiger partial charge in [0.1, 0.15) is 5.41 Å². The van der Waals surface area contributed by atoms with Crippen molar-refractivity contribution in [3.8, 4) is 21.7 Å². The first-order chi connectivity index (χ1) is 20.7. The van der Waals surface area contributed by atoms with E-state index in [-0.39, 0.29) is 16.4 Å². The minimum atomic E-state index is -0.517. The first-order valence-corrected chi connectivity index (χ1v) is 17.0. The Morgan fingerprint density at radius 1 is 0.860 bits per heavy atom. The SMILES string of the molecule is COC1(NC2CCCCC2)C2(C)c3ccc4c(c3-c3ccc5cc(C)ccc5[n+]3C12C)-c1sc2ccccc2c1C4(C)C. The van der Waals surface area contributed by atoms with Gasteiger partial charge in [-0.2, -0.15) is 4.57 Å². The molecule has 4 aliphatic rings. The zero-order chi connectivity index (χ0) is 29.5. The van der Waals surface area contributed by atoms with Gasteiger partial charge in [-0.05, 0) is 67.0 Å². The van der Waals surface area contributed by atoms with Gasteiger partial charge >= 0.3 is 0 Å². The van der Waals surface area contributed by atoms with E-state index in [0.717, 1.165) is 0 Å². The van der Waals surface area contributed by atoms with Crippen molar-refractivity contribution in [2.75, 3.05) is 7.11 Å². The molecule has 4 heteroatoms. The fourth-order valence-electron chi connectivity index (χ4n) is 10.0. The average molecular weight is 586 g/mol. The molecule has 2 saturated carbocycles. The van der Waals surface area contributed by atoms with E-state index in [9.17, 15) is 0 Å². The molecule has 5 aromatic rings. The molecule has 0 spiro atoms. The third kappa shape index (κ3) is 2.88. The lowest BCUT2D eigenvalue weighted by Crippen LogP contribution is -2.58. The maximum atomic E-state index is 6.84. The molecule has 3 heterocycles. The van der Waals surface area contributed by atoms with Crippen LogP contribution in [0, 0.1) is 6.92 Å². The van der Waals surface area contributed by atoms with Crippen LogP contribution >= 0.6 is 11.3 Å². The normalized spacial score (nSPS) is 28.3. The smallest absolute Gasteiger partial charge is 0.223 e. The number of nitrogens with zero attached hydrogens (tertiary/aromatic N) is 1. The van der Waals surface area contributed by atoms with E-state index in [4.69, 9.17) is 4.74 Å². The van der Waals surface area contributed by atoms with Crippen molar-refractivity contribution in [3.05, 3.63) is 89.0 Å². The largest absolute Gasteiger partial charge is 0.356 e. The Morgan fingerprint density at radius 2 is 1.63 bits per heavy atom. The Morgan fingerprint density at radius 3 is 2.42 bits per heavy atom. The molecule has 0 saturated heterocycles. The Labute approximate surface area is 258 Å². The molecular weight excluding hydrogens is 545 g/mol. The van der Waals surface area contributed by atoms with Crippen LogP contribution in [0.1, 0.15) is 82.1 Å². The molecule has 0 bridgehead atoms. The van der Waals surface area contributed by atoms with Crippen LogP contribution in [0.2, 0.25) is 0 Å². The van der Waals surface area contributed by atoms with Crippen molar-refractivity contribution in [2.45, 2.75) is 94.9 Å². The average Bonchev–Trinajstić information content (AvgIpc) is 3.25. The van der Waals surface area contributed by atoms with Gasteiger partial charge in [-0.15, -0.1) is 11.3 Å². The van der Waals surface area contributed by atoms with E-state index in [1.807, 2.05) is 18.4 Å². The van der Waals surface area contributed by atoms with Crippen molar-refractivity contribution >= 4 is 32.3 Å². The maximum Gasteiger partial charge on any atom is 0.223 e. The van der Waals surface area contributed by atoms with Crippen LogP contribution in [0.3, 0.4) is 0 Å². The summed E-state index contributed by atoms with van der Waals surface area (Å²) in [7, 11) is 1.94. The number of pyridine rings is 1. The van der Waals surface area contributed by atoms with Crippen LogP contribution < -0.4 is 9.88 Å². The van der Waals surface area contributed by atoms with Crippen LogP contribution in [0.25, 0.3) is 42.7 Å². The number of aryl methyl sites for hydroxylation is 1. The predicted molar refractivity (Wildman–Crippen MR) is 178 cm³/mol. The molecule has 3 nitrogen and oxygen atoms in total. The van der Waals surface area contributed by atoms with Crippen LogP contribution in [-0.2, 0) is 21.1 Å². The van der Waals surface area contributed by atoms with E-state index < -0.39 is 5.72 Å². The molecule has 3 atom stereocenters. The minimum Gasteiger partial charge on any atom is -0.356 e. The van der Waals surface area contributed by atoms with Gasteiger partial charge in [0, 0.05) is 58.1 Å². The second-order valence-corrected chi connectivity index (χ2v) is 15.6. The Hall–Kier alpha value is -3.05. The van der Waals surface area contributed by atoms with Gasteiger partial charge in [0.2, 0.25) is 22.5 Å². The number of ether oxygens (including phenoxy) is 1. The summed E-state index contributed by atoms with van der Waals surface area (Å²) in [5.74, 6) is 0. The summed E-state index contributed by atoms with van der Waals surface area (Å²) < 4.78 is 10.9. The molecule has 9 rings (SSSR count). The third-order valence-electron chi connectivity index (χ3n) is 12.3. The van der Waals surface area contributed by atoms with Crippen LogP contribution in [0.15, 0.2) is 66.7 Å². The Bertz CT molecular complexity index is 2020. The monoisotopic (exact) mass is 585 g/mol. The van der Waals surface area contributed by atoms with Crippen molar-refractivity contribution in [1.82, 2.24) is 5.32 Å². The summed E-state index contributed by atoms with van der Waals surface area (Å²) in [6, 6.07) is 26.1. The Kier molecular flexibility index (Phi) is 5.12. The van der Waals surface area contributed by atoms with Crippen molar-refractivity contribution in [3.63, 3.8) is 0 Å². The maximum absolute atomic E-state index is 6.84. The van der Waals surface area contributed by atoms with Gasteiger partial charge in [-0.25, -0.2) is 0 Å². The molecular formula is C39H41N2OS+. The molecule has 0 amide bonds. The molecule has 1 aliphatic heterocycles. The van der Waals surface area contributed by atoms with Crippen molar-refractivity contribution in [2.24, 2.45) is 0 Å². The number of benzene rings is 3. The van der Waals surface area contributed by atoms with Gasteiger partial charge in [-0.3, -0.25) is 5.32 Å². The van der Waals surface area contributed by atoms with Crippen molar-refractivity contribution < 1.29 is 9.30 Å². The summed E-state index contributed by atoms with van der Waals surface area (Å²) in [5, 5.41) is 6.92. The summed E-state index contributed by atoms with van der Waals surface area (Å²) in [5.41, 5.74) is 9.98. The van der Waals surface area contributed by atoms with Gasteiger partial charge in [0.15, 0.2) is 0 Å². The van der Waals surface area contributed by atoms with E-state index in [0.29, 0.717) is 6.04 Å². The quantitative estimate of drug-likeness (QED) is 0.169. The summed E-state index contributed by atoms with van der Waals surface area (Å²) in [6.45, 7) is 12.0. The number of rotatable bonds is 3. The lowest BCUT2D eigenvalue weighted by molar-refractivity contribution is -0.714. The molecule has 3 aliphatic carbocycles. The minimum absolute atomic E-state index is 0.0675. The van der Waals surface area contributed by atoms with E-state index >= 15 is 0 Å². The molecule has 43 heavy (non-hydrogen) atoms. The Balaban J connectivity index is 1.40.